The van der Waals surface area contributed by atoms with Gasteiger partial charge in [-0.05, 0) is 6.07 Å². The van der Waals surface area contributed by atoms with E-state index in [-0.39, 0.29) is 23.6 Å². The molecule has 0 aliphatic heterocycles. The van der Waals surface area contributed by atoms with Crippen LogP contribution in [0.1, 0.15) is 5.56 Å². The summed E-state index contributed by atoms with van der Waals surface area (Å²) in [6.45, 7) is -1.98. The maximum absolute atomic E-state index is 12.3. The second-order valence-electron chi connectivity index (χ2n) is 3.51. The minimum absolute atomic E-state index is 0.0354. The van der Waals surface area contributed by atoms with E-state index < -0.39 is 19.3 Å². The van der Waals surface area contributed by atoms with Crippen molar-refractivity contribution in [1.29, 1.82) is 5.26 Å². The second-order valence-corrected chi connectivity index (χ2v) is 3.51. The monoisotopic (exact) mass is 260 g/mol. The largest absolute Gasteiger partial charge is 0.405 e. The fourth-order valence-electron chi connectivity index (χ4n) is 1.40. The SMILES string of the molecule is N#Cc1cnc(N(CCO)CC(F)(F)F)c(N)c1. The van der Waals surface area contributed by atoms with Crippen LogP contribution in [0.15, 0.2) is 12.3 Å². The number of rotatable bonds is 4. The topological polar surface area (TPSA) is 86.2 Å². The highest BCUT2D eigenvalue weighted by atomic mass is 19.4. The van der Waals surface area contributed by atoms with E-state index in [0.29, 0.717) is 0 Å². The molecule has 0 saturated heterocycles. The van der Waals surface area contributed by atoms with Crippen LogP contribution in [-0.2, 0) is 0 Å². The van der Waals surface area contributed by atoms with E-state index in [9.17, 15) is 13.2 Å². The molecule has 0 atom stereocenters. The highest BCUT2D eigenvalue weighted by molar-refractivity contribution is 5.64. The third kappa shape index (κ3) is 3.78. The van der Waals surface area contributed by atoms with Gasteiger partial charge in [-0.2, -0.15) is 18.4 Å². The standard InChI is InChI=1S/C10H11F3N4O/c11-10(12,13)6-17(1-2-18)9-8(15)3-7(4-14)5-16-9/h3,5,18H,1-2,6,15H2. The van der Waals surface area contributed by atoms with Crippen molar-refractivity contribution in [3.63, 3.8) is 0 Å². The Morgan fingerprint density at radius 1 is 1.50 bits per heavy atom. The molecule has 0 radical (unpaired) electrons. The number of anilines is 2. The number of hydrogen-bond donors (Lipinski definition) is 2. The van der Waals surface area contributed by atoms with Gasteiger partial charge in [0.1, 0.15) is 12.6 Å². The third-order valence-corrected chi connectivity index (χ3v) is 2.06. The van der Waals surface area contributed by atoms with Crippen LogP contribution in [0, 0.1) is 11.3 Å². The first-order valence-corrected chi connectivity index (χ1v) is 4.95. The van der Waals surface area contributed by atoms with Gasteiger partial charge in [-0.25, -0.2) is 4.98 Å². The van der Waals surface area contributed by atoms with Gasteiger partial charge in [0.05, 0.1) is 17.9 Å². The Kier molecular flexibility index (Phi) is 4.33. The van der Waals surface area contributed by atoms with Crippen LogP contribution < -0.4 is 10.6 Å². The van der Waals surface area contributed by atoms with Gasteiger partial charge in [-0.3, -0.25) is 0 Å². The molecule has 0 aliphatic carbocycles. The van der Waals surface area contributed by atoms with E-state index in [4.69, 9.17) is 16.1 Å². The number of aliphatic hydroxyl groups is 1. The highest BCUT2D eigenvalue weighted by Gasteiger charge is 2.31. The smallest absolute Gasteiger partial charge is 0.396 e. The number of pyridine rings is 1. The van der Waals surface area contributed by atoms with E-state index in [2.05, 4.69) is 4.98 Å². The first kappa shape index (κ1) is 14.1. The molecule has 0 fully saturated rings. The molecule has 0 amide bonds. The summed E-state index contributed by atoms with van der Waals surface area (Å²) >= 11 is 0. The van der Waals surface area contributed by atoms with E-state index in [1.807, 2.05) is 0 Å². The van der Waals surface area contributed by atoms with Crippen LogP contribution in [0.4, 0.5) is 24.7 Å². The molecular formula is C10H11F3N4O. The lowest BCUT2D eigenvalue weighted by Gasteiger charge is -2.25. The number of nitrogens with zero attached hydrogens (tertiary/aromatic N) is 3. The minimum Gasteiger partial charge on any atom is -0.396 e. The molecule has 1 aromatic heterocycles. The van der Waals surface area contributed by atoms with Crippen LogP contribution >= 0.6 is 0 Å². The predicted molar refractivity (Wildman–Crippen MR) is 58.7 cm³/mol. The van der Waals surface area contributed by atoms with E-state index >= 15 is 0 Å². The normalized spacial score (nSPS) is 11.1. The number of nitrogens with two attached hydrogens (primary N) is 1. The number of aromatic nitrogens is 1. The summed E-state index contributed by atoms with van der Waals surface area (Å²) < 4.78 is 37.0. The average Bonchev–Trinajstić information content (AvgIpc) is 2.26. The van der Waals surface area contributed by atoms with Crippen molar-refractivity contribution in [3.05, 3.63) is 17.8 Å². The third-order valence-electron chi connectivity index (χ3n) is 2.06. The molecule has 5 nitrogen and oxygen atoms in total. The summed E-state index contributed by atoms with van der Waals surface area (Å²) in [5.41, 5.74) is 5.67. The van der Waals surface area contributed by atoms with Gasteiger partial charge in [0, 0.05) is 12.7 Å². The summed E-state index contributed by atoms with van der Waals surface area (Å²) in [5, 5.41) is 17.4. The molecule has 0 bridgehead atoms. The summed E-state index contributed by atoms with van der Waals surface area (Å²) in [6.07, 6.45) is -3.30. The molecule has 1 heterocycles. The van der Waals surface area contributed by atoms with Gasteiger partial charge < -0.3 is 15.7 Å². The number of nitrogen functional groups attached to an aromatic ring is 1. The zero-order valence-electron chi connectivity index (χ0n) is 9.28. The first-order chi connectivity index (χ1) is 8.37. The molecule has 98 valence electrons. The molecule has 0 unspecified atom stereocenters. The molecule has 1 rings (SSSR count). The van der Waals surface area contributed by atoms with Crippen molar-refractivity contribution >= 4 is 11.5 Å². The number of hydrogen-bond acceptors (Lipinski definition) is 5. The Bertz CT molecular complexity index is 455. The van der Waals surface area contributed by atoms with Crippen molar-refractivity contribution in [1.82, 2.24) is 4.98 Å². The van der Waals surface area contributed by atoms with Crippen LogP contribution in [-0.4, -0.2) is 36.0 Å². The van der Waals surface area contributed by atoms with E-state index in [1.54, 1.807) is 6.07 Å². The van der Waals surface area contributed by atoms with Crippen LogP contribution in [0.2, 0.25) is 0 Å². The number of halogens is 3. The number of aliphatic hydroxyl groups excluding tert-OH is 1. The highest BCUT2D eigenvalue weighted by Crippen LogP contribution is 2.25. The average molecular weight is 260 g/mol. The molecule has 3 N–H and O–H groups in total. The fourth-order valence-corrected chi connectivity index (χ4v) is 1.40. The lowest BCUT2D eigenvalue weighted by molar-refractivity contribution is -0.119. The number of alkyl halides is 3. The molecule has 0 saturated carbocycles. The predicted octanol–water partition coefficient (Wildman–Crippen LogP) is 0.896. The molecule has 8 heteroatoms. The molecular weight excluding hydrogens is 249 g/mol. The van der Waals surface area contributed by atoms with Crippen molar-refractivity contribution in [2.75, 3.05) is 30.3 Å². The number of nitriles is 1. The quantitative estimate of drug-likeness (QED) is 0.839. The Labute approximate surface area is 101 Å². The second kappa shape index (κ2) is 5.55. The Hall–Kier alpha value is -2.01. The summed E-state index contributed by atoms with van der Waals surface area (Å²) in [7, 11) is 0. The van der Waals surface area contributed by atoms with Crippen LogP contribution in [0.5, 0.6) is 0 Å². The Morgan fingerprint density at radius 3 is 2.61 bits per heavy atom. The minimum atomic E-state index is -4.43. The van der Waals surface area contributed by atoms with Crippen LogP contribution in [0.3, 0.4) is 0 Å². The fraction of sp³-hybridized carbons (Fsp3) is 0.400. The Balaban J connectivity index is 3.03. The summed E-state index contributed by atoms with van der Waals surface area (Å²) in [5.74, 6) is -0.0969. The maximum Gasteiger partial charge on any atom is 0.405 e. The van der Waals surface area contributed by atoms with E-state index in [0.717, 1.165) is 11.1 Å². The van der Waals surface area contributed by atoms with Crippen molar-refractivity contribution in [2.24, 2.45) is 0 Å². The molecule has 0 aromatic carbocycles. The van der Waals surface area contributed by atoms with Crippen molar-refractivity contribution in [3.8, 4) is 6.07 Å². The van der Waals surface area contributed by atoms with Gasteiger partial charge in [0.25, 0.3) is 0 Å². The van der Waals surface area contributed by atoms with Gasteiger partial charge in [0.2, 0.25) is 0 Å². The van der Waals surface area contributed by atoms with E-state index in [1.165, 1.54) is 6.07 Å². The summed E-state index contributed by atoms with van der Waals surface area (Å²) in [6, 6.07) is 3.02. The molecule has 0 aliphatic rings. The maximum atomic E-state index is 12.3. The summed E-state index contributed by atoms with van der Waals surface area (Å²) in [4.78, 5) is 4.54. The molecule has 1 aromatic rings. The van der Waals surface area contributed by atoms with Gasteiger partial charge in [-0.1, -0.05) is 0 Å². The van der Waals surface area contributed by atoms with Crippen LogP contribution in [0.25, 0.3) is 0 Å². The molecule has 18 heavy (non-hydrogen) atoms. The van der Waals surface area contributed by atoms with Crippen molar-refractivity contribution in [2.45, 2.75) is 6.18 Å². The molecule has 0 spiro atoms. The zero-order chi connectivity index (χ0) is 13.8. The zero-order valence-corrected chi connectivity index (χ0v) is 9.28. The first-order valence-electron chi connectivity index (χ1n) is 4.95. The van der Waals surface area contributed by atoms with Gasteiger partial charge in [-0.15, -0.1) is 0 Å². The Morgan fingerprint density at radius 2 is 2.17 bits per heavy atom. The van der Waals surface area contributed by atoms with Gasteiger partial charge in [0.15, 0.2) is 5.82 Å². The lowest BCUT2D eigenvalue weighted by Crippen LogP contribution is -2.37. The van der Waals surface area contributed by atoms with Crippen molar-refractivity contribution < 1.29 is 18.3 Å². The van der Waals surface area contributed by atoms with Gasteiger partial charge >= 0.3 is 6.18 Å². The lowest BCUT2D eigenvalue weighted by atomic mass is 10.2.